The minimum atomic E-state index is 0.611. The molecule has 1 aliphatic rings. The highest BCUT2D eigenvalue weighted by atomic mass is 32.1. The van der Waals surface area contributed by atoms with E-state index in [9.17, 15) is 0 Å². The first-order chi connectivity index (χ1) is 9.72. The summed E-state index contributed by atoms with van der Waals surface area (Å²) >= 11 is 1.82. The van der Waals surface area contributed by atoms with Gasteiger partial charge in [0.2, 0.25) is 0 Å². The van der Waals surface area contributed by atoms with Gasteiger partial charge in [0.05, 0.1) is 18.8 Å². The zero-order valence-corrected chi connectivity index (χ0v) is 13.6. The smallest absolute Gasteiger partial charge is 0.107 e. The van der Waals surface area contributed by atoms with Gasteiger partial charge in [0.25, 0.3) is 0 Å². The Morgan fingerprint density at radius 3 is 2.70 bits per heavy atom. The van der Waals surface area contributed by atoms with Crippen LogP contribution in [-0.2, 0) is 24.4 Å². The van der Waals surface area contributed by atoms with Gasteiger partial charge in [0, 0.05) is 44.7 Å². The highest BCUT2D eigenvalue weighted by molar-refractivity contribution is 7.11. The van der Waals surface area contributed by atoms with Crippen molar-refractivity contribution in [3.63, 3.8) is 0 Å². The highest BCUT2D eigenvalue weighted by Crippen LogP contribution is 2.21. The van der Waals surface area contributed by atoms with Crippen molar-refractivity contribution in [1.82, 2.24) is 20.1 Å². The third kappa shape index (κ3) is 4.49. The van der Waals surface area contributed by atoms with E-state index < -0.39 is 0 Å². The van der Waals surface area contributed by atoms with Gasteiger partial charge in [-0.1, -0.05) is 6.92 Å². The molecule has 1 aromatic heterocycles. The summed E-state index contributed by atoms with van der Waals surface area (Å²) in [6.07, 6.45) is 0. The average molecular weight is 298 g/mol. The van der Waals surface area contributed by atoms with E-state index in [1.165, 1.54) is 9.88 Å². The fourth-order valence-corrected chi connectivity index (χ4v) is 3.41. The molecule has 2 heterocycles. The molecular formula is C14H26N4OS. The van der Waals surface area contributed by atoms with E-state index >= 15 is 0 Å². The van der Waals surface area contributed by atoms with Gasteiger partial charge in [-0.2, -0.15) is 0 Å². The number of ether oxygens (including phenoxy) is 1. The predicted molar refractivity (Wildman–Crippen MR) is 83.0 cm³/mol. The number of hydrogen-bond donors (Lipinski definition) is 1. The molecular weight excluding hydrogens is 272 g/mol. The lowest BCUT2D eigenvalue weighted by atomic mass is 10.3. The summed E-state index contributed by atoms with van der Waals surface area (Å²) in [7, 11) is 3.92. The first-order valence-corrected chi connectivity index (χ1v) is 8.12. The molecule has 114 valence electrons. The number of methoxy groups -OCH3 is 1. The second-order valence-electron chi connectivity index (χ2n) is 5.27. The molecule has 0 radical (unpaired) electrons. The van der Waals surface area contributed by atoms with Crippen LogP contribution in [0.5, 0.6) is 0 Å². The molecule has 5 nitrogen and oxygen atoms in total. The topological polar surface area (TPSA) is 40.6 Å². The summed E-state index contributed by atoms with van der Waals surface area (Å²) in [5.41, 5.74) is 1.10. The molecule has 0 atom stereocenters. The molecule has 0 aromatic carbocycles. The number of nitrogens with zero attached hydrogens (tertiary/aromatic N) is 3. The summed E-state index contributed by atoms with van der Waals surface area (Å²) in [4.78, 5) is 11.0. The van der Waals surface area contributed by atoms with Crippen molar-refractivity contribution < 1.29 is 4.74 Å². The molecule has 0 saturated carbocycles. The van der Waals surface area contributed by atoms with E-state index in [2.05, 4.69) is 29.1 Å². The van der Waals surface area contributed by atoms with Gasteiger partial charge in [-0.25, -0.2) is 4.98 Å². The van der Waals surface area contributed by atoms with Crippen molar-refractivity contribution in [2.75, 3.05) is 46.9 Å². The van der Waals surface area contributed by atoms with Crippen LogP contribution in [0.1, 0.15) is 22.5 Å². The van der Waals surface area contributed by atoms with Gasteiger partial charge in [-0.3, -0.25) is 4.90 Å². The van der Waals surface area contributed by atoms with E-state index in [1.54, 1.807) is 7.11 Å². The van der Waals surface area contributed by atoms with E-state index in [-0.39, 0.29) is 0 Å². The molecule has 6 heteroatoms. The fourth-order valence-electron chi connectivity index (χ4n) is 2.33. The summed E-state index contributed by atoms with van der Waals surface area (Å²) in [5.74, 6) is 0. The van der Waals surface area contributed by atoms with E-state index in [0.29, 0.717) is 6.61 Å². The Balaban J connectivity index is 1.96. The molecule has 0 amide bonds. The number of aromatic nitrogens is 1. The molecule has 20 heavy (non-hydrogen) atoms. The molecule has 1 aromatic rings. The molecule has 1 saturated heterocycles. The minimum Gasteiger partial charge on any atom is -0.378 e. The summed E-state index contributed by atoms with van der Waals surface area (Å²) in [5, 5.41) is 4.60. The summed E-state index contributed by atoms with van der Waals surface area (Å²) in [6, 6.07) is 0. The van der Waals surface area contributed by atoms with Crippen LogP contribution in [0.15, 0.2) is 0 Å². The van der Waals surface area contributed by atoms with Crippen LogP contribution >= 0.6 is 11.3 Å². The zero-order valence-electron chi connectivity index (χ0n) is 12.8. The molecule has 1 fully saturated rings. The number of nitrogens with one attached hydrogen (secondary N) is 1. The van der Waals surface area contributed by atoms with E-state index in [0.717, 1.165) is 51.5 Å². The maximum Gasteiger partial charge on any atom is 0.107 e. The first-order valence-electron chi connectivity index (χ1n) is 7.31. The van der Waals surface area contributed by atoms with E-state index in [1.807, 2.05) is 11.3 Å². The van der Waals surface area contributed by atoms with Gasteiger partial charge in [0.15, 0.2) is 0 Å². The Morgan fingerprint density at radius 2 is 2.05 bits per heavy atom. The predicted octanol–water partition coefficient (Wildman–Crippen LogP) is 1.15. The molecule has 1 N–H and O–H groups in total. The van der Waals surface area contributed by atoms with Crippen LogP contribution < -0.4 is 5.32 Å². The van der Waals surface area contributed by atoms with Crippen LogP contribution in [0.2, 0.25) is 0 Å². The van der Waals surface area contributed by atoms with Crippen molar-refractivity contribution in [3.8, 4) is 0 Å². The van der Waals surface area contributed by atoms with Gasteiger partial charge in [-0.05, 0) is 13.6 Å². The quantitative estimate of drug-likeness (QED) is 0.818. The van der Waals surface area contributed by atoms with Crippen LogP contribution in [0.3, 0.4) is 0 Å². The largest absolute Gasteiger partial charge is 0.378 e. The first kappa shape index (κ1) is 15.9. The average Bonchev–Trinajstić information content (AvgIpc) is 2.81. The highest BCUT2D eigenvalue weighted by Gasteiger charge is 2.17. The summed E-state index contributed by atoms with van der Waals surface area (Å²) in [6.45, 7) is 10.2. The van der Waals surface area contributed by atoms with Crippen LogP contribution in [-0.4, -0.2) is 61.7 Å². The number of piperazine rings is 1. The molecule has 0 aliphatic carbocycles. The van der Waals surface area contributed by atoms with Crippen molar-refractivity contribution in [2.24, 2.45) is 0 Å². The van der Waals surface area contributed by atoms with Crippen LogP contribution in [0, 0.1) is 0 Å². The minimum absolute atomic E-state index is 0.611. The second-order valence-corrected chi connectivity index (χ2v) is 6.44. The maximum atomic E-state index is 5.26. The Hall–Kier alpha value is -0.530. The normalized spacial score (nSPS) is 17.8. The molecule has 1 aliphatic heterocycles. The van der Waals surface area contributed by atoms with Gasteiger partial charge in [0.1, 0.15) is 5.01 Å². The van der Waals surface area contributed by atoms with Crippen molar-refractivity contribution >= 4 is 11.3 Å². The lowest BCUT2D eigenvalue weighted by molar-refractivity contribution is 0.147. The Bertz CT molecular complexity index is 402. The van der Waals surface area contributed by atoms with Gasteiger partial charge < -0.3 is 15.0 Å². The standard InChI is InChI=1S/C14H26N4OS/c1-4-15-9-13-12(11-19-3)16-14(20-13)10-18-7-5-17(2)6-8-18/h15H,4-11H2,1-3H3. The molecule has 0 bridgehead atoms. The third-order valence-corrected chi connectivity index (χ3v) is 4.68. The number of rotatable bonds is 7. The van der Waals surface area contributed by atoms with Crippen molar-refractivity contribution in [3.05, 3.63) is 15.6 Å². The van der Waals surface area contributed by atoms with Crippen molar-refractivity contribution in [2.45, 2.75) is 26.6 Å². The SMILES string of the molecule is CCNCc1sc(CN2CCN(C)CC2)nc1COC. The second kappa shape index (κ2) is 8.05. The molecule has 0 spiro atoms. The Kier molecular flexibility index (Phi) is 6.38. The van der Waals surface area contributed by atoms with Crippen LogP contribution in [0.4, 0.5) is 0 Å². The molecule has 0 unspecified atom stereocenters. The van der Waals surface area contributed by atoms with Crippen molar-refractivity contribution in [1.29, 1.82) is 0 Å². The molecule has 2 rings (SSSR count). The lowest BCUT2D eigenvalue weighted by Crippen LogP contribution is -2.43. The monoisotopic (exact) mass is 298 g/mol. The van der Waals surface area contributed by atoms with Gasteiger partial charge in [-0.15, -0.1) is 11.3 Å². The maximum absolute atomic E-state index is 5.26. The third-order valence-electron chi connectivity index (χ3n) is 3.59. The Labute approximate surface area is 125 Å². The number of likely N-dealkylation sites (N-methyl/N-ethyl adjacent to an activating group) is 1. The lowest BCUT2D eigenvalue weighted by Gasteiger charge is -2.31. The van der Waals surface area contributed by atoms with E-state index in [4.69, 9.17) is 9.72 Å². The van der Waals surface area contributed by atoms with Gasteiger partial charge >= 0.3 is 0 Å². The fraction of sp³-hybridized carbons (Fsp3) is 0.786. The number of hydrogen-bond acceptors (Lipinski definition) is 6. The number of thiazole rings is 1. The summed E-state index contributed by atoms with van der Waals surface area (Å²) < 4.78 is 5.26. The van der Waals surface area contributed by atoms with Crippen LogP contribution in [0.25, 0.3) is 0 Å². The Morgan fingerprint density at radius 1 is 1.30 bits per heavy atom. The zero-order chi connectivity index (χ0) is 14.4.